The summed E-state index contributed by atoms with van der Waals surface area (Å²) in [6.07, 6.45) is 0. The summed E-state index contributed by atoms with van der Waals surface area (Å²) in [6, 6.07) is 6.14. The van der Waals surface area contributed by atoms with E-state index in [-0.39, 0.29) is 16.9 Å². The molecule has 4 heteroatoms. The van der Waals surface area contributed by atoms with Gasteiger partial charge in [-0.1, -0.05) is 23.8 Å². The first-order chi connectivity index (χ1) is 7.38. The van der Waals surface area contributed by atoms with Crippen molar-refractivity contribution < 1.29 is 8.42 Å². The Morgan fingerprint density at radius 2 is 1.94 bits per heavy atom. The number of sulfone groups is 1. The quantitative estimate of drug-likeness (QED) is 0.835. The number of hydrogen-bond acceptors (Lipinski definition) is 3. The number of hydrogen-bond donors (Lipinski definition) is 1. The van der Waals surface area contributed by atoms with Gasteiger partial charge in [-0.15, -0.1) is 0 Å². The van der Waals surface area contributed by atoms with Gasteiger partial charge in [0.25, 0.3) is 0 Å². The normalized spacial score (nSPS) is 21.4. The van der Waals surface area contributed by atoms with Crippen LogP contribution in [0.2, 0.25) is 0 Å². The maximum Gasteiger partial charge on any atom is 0.152 e. The van der Waals surface area contributed by atoms with Crippen LogP contribution in [0, 0.1) is 13.8 Å². The van der Waals surface area contributed by atoms with Crippen molar-refractivity contribution in [1.29, 1.82) is 0 Å². The summed E-state index contributed by atoms with van der Waals surface area (Å²) in [5.41, 5.74) is 8.82. The van der Waals surface area contributed by atoms with E-state index < -0.39 is 9.84 Å². The van der Waals surface area contributed by atoms with Crippen molar-refractivity contribution >= 4 is 9.84 Å². The van der Waals surface area contributed by atoms with E-state index in [9.17, 15) is 8.42 Å². The lowest BCUT2D eigenvalue weighted by Crippen LogP contribution is -2.57. The molecular weight excluding hydrogens is 222 g/mol. The second kappa shape index (κ2) is 3.57. The molecule has 0 amide bonds. The zero-order chi connectivity index (χ0) is 12.0. The van der Waals surface area contributed by atoms with E-state index in [1.807, 2.05) is 26.0 Å². The Morgan fingerprint density at radius 1 is 1.31 bits per heavy atom. The van der Waals surface area contributed by atoms with E-state index in [4.69, 9.17) is 5.73 Å². The van der Waals surface area contributed by atoms with Gasteiger partial charge in [-0.3, -0.25) is 0 Å². The molecule has 0 radical (unpaired) electrons. The average molecular weight is 239 g/mol. The van der Waals surface area contributed by atoms with Gasteiger partial charge in [0.2, 0.25) is 0 Å². The summed E-state index contributed by atoms with van der Waals surface area (Å²) >= 11 is 0. The molecule has 1 aliphatic rings. The molecule has 1 aromatic rings. The van der Waals surface area contributed by atoms with Crippen LogP contribution < -0.4 is 5.73 Å². The Morgan fingerprint density at radius 3 is 2.44 bits per heavy atom. The largest absolute Gasteiger partial charge is 0.330 e. The minimum atomic E-state index is -2.86. The number of rotatable bonds is 2. The summed E-state index contributed by atoms with van der Waals surface area (Å²) in [5.74, 6) is 0.390. The third kappa shape index (κ3) is 1.76. The van der Waals surface area contributed by atoms with E-state index in [0.717, 1.165) is 16.7 Å². The first kappa shape index (κ1) is 11.6. The van der Waals surface area contributed by atoms with E-state index in [2.05, 4.69) is 6.07 Å². The van der Waals surface area contributed by atoms with Crippen LogP contribution in [-0.2, 0) is 15.3 Å². The SMILES string of the molecule is Cc1ccc(C)c(C2(CN)CS(=O)(=O)C2)c1. The molecule has 2 rings (SSSR count). The summed E-state index contributed by atoms with van der Waals surface area (Å²) in [4.78, 5) is 0. The molecule has 1 aromatic carbocycles. The molecule has 0 bridgehead atoms. The van der Waals surface area contributed by atoms with Crippen LogP contribution >= 0.6 is 0 Å². The van der Waals surface area contributed by atoms with Crippen LogP contribution in [0.4, 0.5) is 0 Å². The van der Waals surface area contributed by atoms with Gasteiger partial charge in [-0.2, -0.15) is 0 Å². The van der Waals surface area contributed by atoms with Crippen molar-refractivity contribution in [1.82, 2.24) is 0 Å². The van der Waals surface area contributed by atoms with Gasteiger partial charge in [0.15, 0.2) is 9.84 Å². The molecule has 3 nitrogen and oxygen atoms in total. The Kier molecular flexibility index (Phi) is 2.59. The topological polar surface area (TPSA) is 60.2 Å². The van der Waals surface area contributed by atoms with Crippen LogP contribution in [-0.4, -0.2) is 26.5 Å². The number of nitrogens with two attached hydrogens (primary N) is 1. The van der Waals surface area contributed by atoms with Gasteiger partial charge >= 0.3 is 0 Å². The molecule has 16 heavy (non-hydrogen) atoms. The van der Waals surface area contributed by atoms with Crippen LogP contribution in [0.25, 0.3) is 0 Å². The lowest BCUT2D eigenvalue weighted by molar-refractivity contribution is 0.463. The maximum absolute atomic E-state index is 11.4. The highest BCUT2D eigenvalue weighted by Crippen LogP contribution is 2.37. The maximum atomic E-state index is 11.4. The van der Waals surface area contributed by atoms with Gasteiger partial charge < -0.3 is 5.73 Å². The van der Waals surface area contributed by atoms with Gasteiger partial charge in [-0.05, 0) is 25.0 Å². The number of aryl methyl sites for hydroxylation is 2. The van der Waals surface area contributed by atoms with E-state index >= 15 is 0 Å². The molecule has 1 aliphatic heterocycles. The van der Waals surface area contributed by atoms with E-state index in [1.54, 1.807) is 0 Å². The van der Waals surface area contributed by atoms with Crippen LogP contribution in [0.15, 0.2) is 18.2 Å². The van der Waals surface area contributed by atoms with Gasteiger partial charge in [0.1, 0.15) is 0 Å². The van der Waals surface area contributed by atoms with Crippen LogP contribution in [0.3, 0.4) is 0 Å². The highest BCUT2D eigenvalue weighted by atomic mass is 32.2. The summed E-state index contributed by atoms with van der Waals surface area (Å²) in [7, 11) is -2.86. The Balaban J connectivity index is 2.47. The molecule has 1 heterocycles. The Hall–Kier alpha value is -0.870. The molecule has 0 unspecified atom stereocenters. The fourth-order valence-electron chi connectivity index (χ4n) is 2.49. The molecule has 0 saturated carbocycles. The smallest absolute Gasteiger partial charge is 0.152 e. The minimum Gasteiger partial charge on any atom is -0.330 e. The first-order valence-electron chi connectivity index (χ1n) is 5.37. The average Bonchev–Trinajstić information content (AvgIpc) is 2.17. The molecule has 2 N–H and O–H groups in total. The van der Waals surface area contributed by atoms with Crippen molar-refractivity contribution in [3.8, 4) is 0 Å². The highest BCUT2D eigenvalue weighted by molar-refractivity contribution is 7.93. The van der Waals surface area contributed by atoms with Crippen LogP contribution in [0.5, 0.6) is 0 Å². The lowest BCUT2D eigenvalue weighted by atomic mass is 9.80. The molecule has 0 spiro atoms. The summed E-state index contributed by atoms with van der Waals surface area (Å²) < 4.78 is 22.8. The standard InChI is InChI=1S/C12H17NO2S/c1-9-3-4-10(2)11(5-9)12(6-13)7-16(14,15)8-12/h3-5H,6-8,13H2,1-2H3. The fourth-order valence-corrected chi connectivity index (χ4v) is 4.64. The monoisotopic (exact) mass is 239 g/mol. The Labute approximate surface area is 96.6 Å². The summed E-state index contributed by atoms with van der Waals surface area (Å²) in [6.45, 7) is 4.42. The second-order valence-electron chi connectivity index (χ2n) is 4.84. The van der Waals surface area contributed by atoms with Gasteiger partial charge in [0.05, 0.1) is 11.5 Å². The van der Waals surface area contributed by atoms with Crippen molar-refractivity contribution in [2.75, 3.05) is 18.1 Å². The Bertz CT molecular complexity index is 508. The molecule has 1 saturated heterocycles. The first-order valence-corrected chi connectivity index (χ1v) is 7.19. The second-order valence-corrected chi connectivity index (χ2v) is 6.90. The van der Waals surface area contributed by atoms with E-state index in [0.29, 0.717) is 6.54 Å². The van der Waals surface area contributed by atoms with Gasteiger partial charge in [-0.25, -0.2) is 8.42 Å². The third-order valence-corrected chi connectivity index (χ3v) is 5.33. The molecule has 0 atom stereocenters. The van der Waals surface area contributed by atoms with Crippen molar-refractivity contribution in [2.45, 2.75) is 19.3 Å². The fraction of sp³-hybridized carbons (Fsp3) is 0.500. The van der Waals surface area contributed by atoms with Crippen molar-refractivity contribution in [3.63, 3.8) is 0 Å². The zero-order valence-electron chi connectivity index (χ0n) is 9.66. The summed E-state index contributed by atoms with van der Waals surface area (Å²) in [5, 5.41) is 0. The minimum absolute atomic E-state index is 0.195. The number of benzene rings is 1. The predicted molar refractivity (Wildman–Crippen MR) is 65.3 cm³/mol. The molecule has 0 aliphatic carbocycles. The van der Waals surface area contributed by atoms with Gasteiger partial charge in [0, 0.05) is 12.0 Å². The molecule has 88 valence electrons. The van der Waals surface area contributed by atoms with Crippen molar-refractivity contribution in [3.05, 3.63) is 34.9 Å². The van der Waals surface area contributed by atoms with Crippen molar-refractivity contribution in [2.24, 2.45) is 5.73 Å². The zero-order valence-corrected chi connectivity index (χ0v) is 10.5. The van der Waals surface area contributed by atoms with Crippen LogP contribution in [0.1, 0.15) is 16.7 Å². The predicted octanol–water partition coefficient (Wildman–Crippen LogP) is 0.928. The lowest BCUT2D eigenvalue weighted by Gasteiger charge is -2.41. The molecule has 0 aromatic heterocycles. The molecule has 1 fully saturated rings. The molecular formula is C12H17NO2S. The van der Waals surface area contributed by atoms with E-state index in [1.165, 1.54) is 0 Å². The third-order valence-electron chi connectivity index (χ3n) is 3.35. The highest BCUT2D eigenvalue weighted by Gasteiger charge is 2.49.